The molecule has 144 valence electrons. The van der Waals surface area contributed by atoms with Crippen molar-refractivity contribution in [2.24, 2.45) is 4.99 Å². The van der Waals surface area contributed by atoms with Crippen LogP contribution in [0.3, 0.4) is 0 Å². The van der Waals surface area contributed by atoms with Gasteiger partial charge in [-0.3, -0.25) is 4.99 Å². The van der Waals surface area contributed by atoms with E-state index in [0.717, 1.165) is 25.7 Å². The van der Waals surface area contributed by atoms with Crippen molar-refractivity contribution in [1.82, 2.24) is 15.3 Å². The maximum Gasteiger partial charge on any atom is 0.0460 e. The Hall–Kier alpha value is -2.75. The van der Waals surface area contributed by atoms with Crippen LogP contribution < -0.4 is 5.32 Å². The minimum Gasteiger partial charge on any atom is -0.362 e. The van der Waals surface area contributed by atoms with E-state index in [4.69, 9.17) is 4.99 Å². The van der Waals surface area contributed by atoms with E-state index in [9.17, 15) is 0 Å². The van der Waals surface area contributed by atoms with Gasteiger partial charge in [0.05, 0.1) is 0 Å². The highest BCUT2D eigenvalue weighted by atomic mass is 14.9. The molecule has 3 N–H and O–H groups in total. The van der Waals surface area contributed by atoms with Gasteiger partial charge in [-0.25, -0.2) is 0 Å². The smallest absolute Gasteiger partial charge is 0.0460 e. The zero-order valence-electron chi connectivity index (χ0n) is 17.2. The molecule has 0 amide bonds. The van der Waals surface area contributed by atoms with Gasteiger partial charge in [-0.15, -0.1) is 0 Å². The molecule has 0 spiro atoms. The summed E-state index contributed by atoms with van der Waals surface area (Å²) in [6.45, 7) is 8.90. The van der Waals surface area contributed by atoms with Gasteiger partial charge in [-0.2, -0.15) is 0 Å². The molecule has 3 aliphatic rings. The molecule has 0 radical (unpaired) electrons. The third-order valence-corrected chi connectivity index (χ3v) is 6.75. The Labute approximate surface area is 166 Å². The van der Waals surface area contributed by atoms with Crippen LogP contribution in [-0.4, -0.2) is 15.7 Å². The maximum absolute atomic E-state index is 5.04. The molecule has 1 saturated heterocycles. The third kappa shape index (κ3) is 2.70. The van der Waals surface area contributed by atoms with Crippen molar-refractivity contribution in [1.29, 1.82) is 0 Å². The largest absolute Gasteiger partial charge is 0.362 e. The van der Waals surface area contributed by atoms with Crippen molar-refractivity contribution >= 4 is 16.9 Å². The molecule has 5 heterocycles. The zero-order valence-corrected chi connectivity index (χ0v) is 17.2. The fourth-order valence-corrected chi connectivity index (χ4v) is 4.61. The Morgan fingerprint density at radius 3 is 2.50 bits per heavy atom. The van der Waals surface area contributed by atoms with Gasteiger partial charge < -0.3 is 15.3 Å². The van der Waals surface area contributed by atoms with E-state index in [0.29, 0.717) is 5.92 Å². The minimum absolute atomic E-state index is 0.319. The molecule has 1 fully saturated rings. The third-order valence-electron chi connectivity index (χ3n) is 6.75. The van der Waals surface area contributed by atoms with Crippen LogP contribution in [0.15, 0.2) is 52.1 Å². The van der Waals surface area contributed by atoms with Crippen LogP contribution in [-0.2, 0) is 0 Å². The fourth-order valence-electron chi connectivity index (χ4n) is 4.61. The summed E-state index contributed by atoms with van der Waals surface area (Å²) >= 11 is 0. The lowest BCUT2D eigenvalue weighted by molar-refractivity contribution is 0.882. The Kier molecular flexibility index (Phi) is 3.97. The van der Waals surface area contributed by atoms with E-state index in [1.165, 1.54) is 62.2 Å². The van der Waals surface area contributed by atoms with Crippen LogP contribution in [0.4, 0.5) is 0 Å². The van der Waals surface area contributed by atoms with Crippen molar-refractivity contribution in [2.45, 2.75) is 59.3 Å². The molecule has 4 nitrogen and oxygen atoms in total. The van der Waals surface area contributed by atoms with Crippen LogP contribution in [0.2, 0.25) is 0 Å². The summed E-state index contributed by atoms with van der Waals surface area (Å²) in [6.07, 6.45) is 6.34. The van der Waals surface area contributed by atoms with Crippen molar-refractivity contribution in [3.63, 3.8) is 0 Å². The first-order valence-corrected chi connectivity index (χ1v) is 10.3. The average molecular weight is 373 g/mol. The molecule has 8 bridgehead atoms. The number of hydrogen-bond donors (Lipinski definition) is 3. The van der Waals surface area contributed by atoms with Gasteiger partial charge in [0, 0.05) is 52.0 Å². The number of hydrogen-bond acceptors (Lipinski definition) is 2. The summed E-state index contributed by atoms with van der Waals surface area (Å²) in [5.74, 6) is 0.319. The van der Waals surface area contributed by atoms with Crippen molar-refractivity contribution < 1.29 is 0 Å². The monoisotopic (exact) mass is 372 g/mol. The molecular formula is C24H28N4. The Bertz CT molecular complexity index is 1080. The van der Waals surface area contributed by atoms with Crippen molar-refractivity contribution in [2.75, 3.05) is 0 Å². The molecule has 28 heavy (non-hydrogen) atoms. The van der Waals surface area contributed by atoms with E-state index in [-0.39, 0.29) is 0 Å². The molecule has 0 saturated carbocycles. The number of allylic oxidation sites excluding steroid dienone is 6. The van der Waals surface area contributed by atoms with Crippen molar-refractivity contribution in [3.8, 4) is 0 Å². The van der Waals surface area contributed by atoms with Crippen LogP contribution in [0.1, 0.15) is 81.9 Å². The Morgan fingerprint density at radius 2 is 1.68 bits per heavy atom. The molecule has 1 atom stereocenters. The van der Waals surface area contributed by atoms with Gasteiger partial charge in [0.15, 0.2) is 0 Å². The Morgan fingerprint density at radius 1 is 0.893 bits per heavy atom. The SMILES string of the molecule is CC1=C2CCC(=C(C)c3cc(c[nH]3)C(C)c3ccc([nH]3)C(C)=C3CCC1=N3)N2. The zero-order chi connectivity index (χ0) is 19.4. The molecule has 2 aromatic heterocycles. The molecule has 2 aromatic rings. The van der Waals surface area contributed by atoms with Crippen molar-refractivity contribution in [3.05, 3.63) is 69.7 Å². The second-order valence-electron chi connectivity index (χ2n) is 8.36. The molecule has 3 aliphatic heterocycles. The first-order valence-electron chi connectivity index (χ1n) is 10.3. The quantitative estimate of drug-likeness (QED) is 0.533. The van der Waals surface area contributed by atoms with Gasteiger partial charge in [0.25, 0.3) is 0 Å². The molecule has 5 rings (SSSR count). The highest BCUT2D eigenvalue weighted by Crippen LogP contribution is 2.35. The lowest BCUT2D eigenvalue weighted by Crippen LogP contribution is -2.10. The van der Waals surface area contributed by atoms with E-state index >= 15 is 0 Å². The van der Waals surface area contributed by atoms with Gasteiger partial charge in [0.1, 0.15) is 0 Å². The fraction of sp³-hybridized carbons (Fsp3) is 0.375. The van der Waals surface area contributed by atoms with Gasteiger partial charge in [-0.1, -0.05) is 6.92 Å². The second kappa shape index (κ2) is 6.40. The summed E-state index contributed by atoms with van der Waals surface area (Å²) in [4.78, 5) is 12.2. The van der Waals surface area contributed by atoms with E-state index < -0.39 is 0 Å². The van der Waals surface area contributed by atoms with Crippen LogP contribution in [0.25, 0.3) is 11.1 Å². The number of nitrogens with zero attached hydrogens (tertiary/aromatic N) is 1. The van der Waals surface area contributed by atoms with Gasteiger partial charge >= 0.3 is 0 Å². The summed E-state index contributed by atoms with van der Waals surface area (Å²) in [5, 5.41) is 3.71. The number of fused-ring (bicyclic) bond motifs is 7. The number of rotatable bonds is 0. The molecule has 0 aliphatic carbocycles. The molecule has 0 aromatic carbocycles. The number of H-pyrrole nitrogens is 2. The van der Waals surface area contributed by atoms with E-state index in [1.54, 1.807) is 0 Å². The lowest BCUT2D eigenvalue weighted by atomic mass is 10.00. The van der Waals surface area contributed by atoms with E-state index in [2.05, 4.69) is 67.4 Å². The summed E-state index contributed by atoms with van der Waals surface area (Å²) in [7, 11) is 0. The summed E-state index contributed by atoms with van der Waals surface area (Å²) < 4.78 is 0. The van der Waals surface area contributed by atoms with E-state index in [1.807, 2.05) is 0 Å². The highest BCUT2D eigenvalue weighted by Gasteiger charge is 2.23. The minimum atomic E-state index is 0.319. The first kappa shape index (κ1) is 17.4. The summed E-state index contributed by atoms with van der Waals surface area (Å²) in [6, 6.07) is 6.72. The predicted molar refractivity (Wildman–Crippen MR) is 116 cm³/mol. The average Bonchev–Trinajstić information content (AvgIpc) is 3.49. The number of aromatic amines is 2. The standard InChI is InChI=1S/C24H28N4/c1-13-17-11-24(25-12-17)16(4)23-10-9-22(28-23)15(3)21-8-7-20(27-21)14(2)19-6-5-18(13)26-19/h5-6,11-13,25-26,28H,7-10H2,1-4H3. The maximum atomic E-state index is 5.04. The highest BCUT2D eigenvalue weighted by molar-refractivity contribution is 6.03. The van der Waals surface area contributed by atoms with Crippen LogP contribution in [0, 0.1) is 0 Å². The van der Waals surface area contributed by atoms with Crippen LogP contribution in [0.5, 0.6) is 0 Å². The topological polar surface area (TPSA) is 56.0 Å². The first-order chi connectivity index (χ1) is 13.5. The molecule has 1 unspecified atom stereocenters. The Balaban J connectivity index is 1.69. The van der Waals surface area contributed by atoms with Gasteiger partial charge in [-0.05, 0) is 86.9 Å². The molecule has 4 heteroatoms. The molecular weight excluding hydrogens is 344 g/mol. The van der Waals surface area contributed by atoms with Gasteiger partial charge in [0.2, 0.25) is 0 Å². The normalized spacial score (nSPS) is 22.1. The second-order valence-corrected chi connectivity index (χ2v) is 8.36. The summed E-state index contributed by atoms with van der Waals surface area (Å²) in [5.41, 5.74) is 14.0. The lowest BCUT2D eigenvalue weighted by Gasteiger charge is -2.10. The predicted octanol–water partition coefficient (Wildman–Crippen LogP) is 5.86. The number of aliphatic imine (C=N–C) groups is 1. The van der Waals surface area contributed by atoms with Crippen LogP contribution >= 0.6 is 0 Å². The number of nitrogens with one attached hydrogen (secondary N) is 3. The number of aromatic nitrogens is 2.